The van der Waals surface area contributed by atoms with Crippen molar-refractivity contribution in [2.24, 2.45) is 11.3 Å². The first-order valence-corrected chi connectivity index (χ1v) is 20.5. The molecule has 0 aliphatic heterocycles. The lowest BCUT2D eigenvalue weighted by atomic mass is 9.85. The Morgan fingerprint density at radius 3 is 1.97 bits per heavy atom. The highest BCUT2D eigenvalue weighted by Crippen LogP contribution is 2.24. The molecule has 5 atom stereocenters. The smallest absolute Gasteiger partial charge is 0.243 e. The van der Waals surface area contributed by atoms with Gasteiger partial charge in [0.05, 0.1) is 26.4 Å². The van der Waals surface area contributed by atoms with Gasteiger partial charge < -0.3 is 46.7 Å². The molecule has 0 saturated carbocycles. The number of benzene rings is 4. The van der Waals surface area contributed by atoms with E-state index in [-0.39, 0.29) is 43.5 Å². The maximum Gasteiger partial charge on any atom is 0.243 e. The number of aliphatic hydroxyl groups is 1. The van der Waals surface area contributed by atoms with Crippen molar-refractivity contribution in [3.63, 3.8) is 0 Å². The predicted octanol–water partition coefficient (Wildman–Crippen LogP) is 4.16. The van der Waals surface area contributed by atoms with Crippen LogP contribution in [0.2, 0.25) is 0 Å². The molecule has 4 amide bonds. The Morgan fingerprint density at radius 2 is 1.36 bits per heavy atom. The number of aryl methyl sites for hydroxylation is 1. The molecular formula is C47H62N6O8. The summed E-state index contributed by atoms with van der Waals surface area (Å²) in [6.07, 6.45) is -0.889. The summed E-state index contributed by atoms with van der Waals surface area (Å²) < 4.78 is 10.5. The van der Waals surface area contributed by atoms with E-state index in [1.165, 1.54) is 13.2 Å². The van der Waals surface area contributed by atoms with Crippen LogP contribution in [0, 0.1) is 11.3 Å². The average molecular weight is 839 g/mol. The van der Waals surface area contributed by atoms with Gasteiger partial charge >= 0.3 is 0 Å². The summed E-state index contributed by atoms with van der Waals surface area (Å²) in [7, 11) is 3.04. The fraction of sp³-hybridized carbons (Fsp3) is 0.404. The van der Waals surface area contributed by atoms with Gasteiger partial charge in [0.2, 0.25) is 23.6 Å². The molecule has 0 fully saturated rings. The third-order valence-corrected chi connectivity index (χ3v) is 10.4. The van der Waals surface area contributed by atoms with Gasteiger partial charge in [-0.1, -0.05) is 89.2 Å². The number of hydrogen-bond acceptors (Lipinski definition) is 10. The monoisotopic (exact) mass is 838 g/mol. The molecule has 4 aromatic carbocycles. The molecule has 0 radical (unpaired) electrons. The highest BCUT2D eigenvalue weighted by Gasteiger charge is 2.39. The number of carbonyl (C=O) groups is 4. The van der Waals surface area contributed by atoms with Crippen LogP contribution in [0.4, 0.5) is 5.69 Å². The Balaban J connectivity index is 1.61. The van der Waals surface area contributed by atoms with Crippen molar-refractivity contribution >= 4 is 29.3 Å². The van der Waals surface area contributed by atoms with Crippen LogP contribution in [-0.2, 0) is 45.1 Å². The highest BCUT2D eigenvalue weighted by atomic mass is 16.5. The number of aromatic hydroxyl groups is 1. The molecule has 0 unspecified atom stereocenters. The zero-order valence-corrected chi connectivity index (χ0v) is 36.2. The number of rotatable bonds is 21. The third-order valence-electron chi connectivity index (χ3n) is 10.4. The largest absolute Gasteiger partial charge is 0.507 e. The van der Waals surface area contributed by atoms with Crippen LogP contribution >= 0.6 is 0 Å². The number of phenols is 1. The molecule has 0 aliphatic carbocycles. The summed E-state index contributed by atoms with van der Waals surface area (Å²) >= 11 is 0. The Kier molecular flexibility index (Phi) is 17.5. The Bertz CT molecular complexity index is 2050. The molecule has 14 nitrogen and oxygen atoms in total. The van der Waals surface area contributed by atoms with E-state index in [2.05, 4.69) is 26.6 Å². The molecule has 61 heavy (non-hydrogen) atoms. The normalized spacial score (nSPS) is 13.9. The second-order valence-corrected chi connectivity index (χ2v) is 16.6. The number of nitrogens with one attached hydrogen (secondary N) is 5. The van der Waals surface area contributed by atoms with Gasteiger partial charge in [0, 0.05) is 36.8 Å². The fourth-order valence-electron chi connectivity index (χ4n) is 6.77. The van der Waals surface area contributed by atoms with Crippen LogP contribution in [-0.4, -0.2) is 78.3 Å². The van der Waals surface area contributed by atoms with Crippen molar-refractivity contribution in [1.82, 2.24) is 26.6 Å². The summed E-state index contributed by atoms with van der Waals surface area (Å²) in [6, 6.07) is 24.0. The van der Waals surface area contributed by atoms with Gasteiger partial charge in [-0.25, -0.2) is 0 Å². The van der Waals surface area contributed by atoms with Crippen molar-refractivity contribution in [3.05, 3.63) is 119 Å². The Hall–Kier alpha value is -6.12. The average Bonchev–Trinajstić information content (AvgIpc) is 3.23. The number of hydrogen-bond donors (Lipinski definition) is 8. The SMILES string of the molecule is COc1ccc(CN[C@@H](C(=O)N[C@H](C(=O)NCc2ccc(OC)cc2O)C(C)C)[C@H](O)[C@H](Cc2ccccc2)NC(=O)[C@@H](NC(=O)CCc2cccc(N)c2)C(C)(C)C)cc1. The number of ether oxygens (including phenoxy) is 2. The molecule has 0 heterocycles. The summed E-state index contributed by atoms with van der Waals surface area (Å²) in [6.45, 7) is 9.16. The molecular weight excluding hydrogens is 777 g/mol. The standard InChI is InChI=1S/C47H62N6O8/c1-29(2)40(44(57)50-28-33-19-22-36(61-7)26-38(33)54)53-45(58)41(49-27-32-16-20-35(60-6)21-17-32)42(56)37(25-30-12-9-8-10-13-30)51-46(59)43(47(3,4)5)52-39(55)23-18-31-14-11-15-34(48)24-31/h8-17,19-22,24,26,29,37,40-43,49,54,56H,18,23,25,27-28,48H2,1-7H3,(H,50,57)(H,51,59)(H,52,55)(H,53,58)/t37-,40-,41+,42+,43+/m0/s1. The number of amides is 4. The van der Waals surface area contributed by atoms with Gasteiger partial charge in [0.1, 0.15) is 35.4 Å². The minimum Gasteiger partial charge on any atom is -0.507 e. The number of nitrogens with two attached hydrogens (primary N) is 1. The molecule has 9 N–H and O–H groups in total. The lowest BCUT2D eigenvalue weighted by molar-refractivity contribution is -0.135. The zero-order valence-electron chi connectivity index (χ0n) is 36.2. The molecule has 0 spiro atoms. The van der Waals surface area contributed by atoms with Crippen LogP contribution < -0.4 is 41.8 Å². The number of nitrogen functional groups attached to an aromatic ring is 1. The maximum atomic E-state index is 14.5. The van der Waals surface area contributed by atoms with E-state index in [1.54, 1.807) is 57.4 Å². The Labute approximate surface area is 359 Å². The number of anilines is 1. The lowest BCUT2D eigenvalue weighted by Crippen LogP contribution is -2.63. The summed E-state index contributed by atoms with van der Waals surface area (Å²) in [4.78, 5) is 55.8. The summed E-state index contributed by atoms with van der Waals surface area (Å²) in [5.74, 6) is -1.42. The Morgan fingerprint density at radius 1 is 0.705 bits per heavy atom. The van der Waals surface area contributed by atoms with Crippen molar-refractivity contribution in [2.45, 2.75) is 97.2 Å². The molecule has 0 aromatic heterocycles. The van der Waals surface area contributed by atoms with Crippen molar-refractivity contribution in [1.29, 1.82) is 0 Å². The first-order chi connectivity index (χ1) is 29.0. The quantitative estimate of drug-likeness (QED) is 0.0562. The maximum absolute atomic E-state index is 14.5. The fourth-order valence-corrected chi connectivity index (χ4v) is 6.77. The van der Waals surface area contributed by atoms with Crippen molar-refractivity contribution < 1.29 is 38.9 Å². The molecule has 4 rings (SSSR count). The first kappa shape index (κ1) is 47.6. The van der Waals surface area contributed by atoms with Crippen LogP contribution in [0.15, 0.2) is 97.1 Å². The van der Waals surface area contributed by atoms with Crippen LogP contribution in [0.1, 0.15) is 63.3 Å². The van der Waals surface area contributed by atoms with E-state index < -0.39 is 53.4 Å². The van der Waals surface area contributed by atoms with E-state index in [4.69, 9.17) is 15.2 Å². The van der Waals surface area contributed by atoms with E-state index in [0.717, 1.165) is 16.7 Å². The number of phenolic OH excluding ortho intramolecular Hbond substituents is 1. The number of aliphatic hydroxyl groups excluding tert-OH is 1. The van der Waals surface area contributed by atoms with Gasteiger partial charge in [0.25, 0.3) is 0 Å². The van der Waals surface area contributed by atoms with Gasteiger partial charge in [-0.3, -0.25) is 24.5 Å². The molecule has 0 saturated heterocycles. The van der Waals surface area contributed by atoms with Crippen molar-refractivity contribution in [3.8, 4) is 17.2 Å². The van der Waals surface area contributed by atoms with E-state index in [9.17, 15) is 29.4 Å². The lowest BCUT2D eigenvalue weighted by Gasteiger charge is -2.35. The van der Waals surface area contributed by atoms with Gasteiger partial charge in [-0.05, 0) is 77.3 Å². The van der Waals surface area contributed by atoms with E-state index >= 15 is 0 Å². The summed E-state index contributed by atoms with van der Waals surface area (Å²) in [5.41, 5.74) is 8.66. The van der Waals surface area contributed by atoms with Crippen LogP contribution in [0.3, 0.4) is 0 Å². The van der Waals surface area contributed by atoms with Gasteiger partial charge in [0.15, 0.2) is 0 Å². The zero-order chi connectivity index (χ0) is 44.7. The van der Waals surface area contributed by atoms with Gasteiger partial charge in [-0.15, -0.1) is 0 Å². The van der Waals surface area contributed by atoms with Crippen LogP contribution in [0.5, 0.6) is 17.2 Å². The summed E-state index contributed by atoms with van der Waals surface area (Å²) in [5, 5.41) is 37.5. The van der Waals surface area contributed by atoms with Crippen LogP contribution in [0.25, 0.3) is 0 Å². The van der Waals surface area contributed by atoms with Crippen molar-refractivity contribution in [2.75, 3.05) is 20.0 Å². The number of methoxy groups -OCH3 is 2. The van der Waals surface area contributed by atoms with E-state index in [1.807, 2.05) is 75.4 Å². The molecule has 14 heteroatoms. The van der Waals surface area contributed by atoms with E-state index in [0.29, 0.717) is 29.2 Å². The molecule has 0 bridgehead atoms. The van der Waals surface area contributed by atoms with Gasteiger partial charge in [-0.2, -0.15) is 0 Å². The topological polar surface area (TPSA) is 213 Å². The third kappa shape index (κ3) is 14.5. The minimum absolute atomic E-state index is 0.0208. The predicted molar refractivity (Wildman–Crippen MR) is 236 cm³/mol. The first-order valence-electron chi connectivity index (χ1n) is 20.5. The second kappa shape index (κ2) is 22.5. The highest BCUT2D eigenvalue weighted by molar-refractivity contribution is 5.91. The second-order valence-electron chi connectivity index (χ2n) is 16.6. The molecule has 4 aromatic rings. The minimum atomic E-state index is -1.55. The molecule has 328 valence electrons. The number of carbonyl (C=O) groups excluding carboxylic acids is 4. The molecule has 0 aliphatic rings.